The second kappa shape index (κ2) is 7.60. The quantitative estimate of drug-likeness (QED) is 0.756. The van der Waals surface area contributed by atoms with Gasteiger partial charge in [0.15, 0.2) is 0 Å². The van der Waals surface area contributed by atoms with Crippen LogP contribution in [0, 0.1) is 11.3 Å². The van der Waals surface area contributed by atoms with Gasteiger partial charge in [0, 0.05) is 31.1 Å². The van der Waals surface area contributed by atoms with Crippen LogP contribution in [0.5, 0.6) is 0 Å². The largest absolute Gasteiger partial charge is 0.383 e. The van der Waals surface area contributed by atoms with E-state index in [0.717, 1.165) is 0 Å². The van der Waals surface area contributed by atoms with Gasteiger partial charge in [-0.15, -0.1) is 0 Å². The average molecular weight is 347 g/mol. The van der Waals surface area contributed by atoms with Crippen LogP contribution in [-0.4, -0.2) is 39.5 Å². The first-order valence-electron chi connectivity index (χ1n) is 5.64. The van der Waals surface area contributed by atoms with E-state index in [4.69, 9.17) is 10.00 Å². The van der Waals surface area contributed by atoms with Crippen LogP contribution in [0.3, 0.4) is 0 Å². The van der Waals surface area contributed by atoms with Crippen LogP contribution >= 0.6 is 15.9 Å². The number of nitrogens with zero attached hydrogens (tertiary/aromatic N) is 2. The number of hydrogen-bond acceptors (Lipinski definition) is 4. The third kappa shape index (κ3) is 4.28. The molecule has 0 bridgehead atoms. The monoisotopic (exact) mass is 346 g/mol. The van der Waals surface area contributed by atoms with Gasteiger partial charge in [-0.25, -0.2) is 8.42 Å². The number of sulfonamides is 1. The summed E-state index contributed by atoms with van der Waals surface area (Å²) in [5.74, 6) is 0. The van der Waals surface area contributed by atoms with E-state index in [1.54, 1.807) is 18.2 Å². The van der Waals surface area contributed by atoms with E-state index < -0.39 is 10.0 Å². The molecule has 0 radical (unpaired) electrons. The molecule has 19 heavy (non-hydrogen) atoms. The fourth-order valence-corrected chi connectivity index (χ4v) is 3.90. The molecule has 0 unspecified atom stereocenters. The number of halogens is 1. The maximum absolute atomic E-state index is 12.5. The summed E-state index contributed by atoms with van der Waals surface area (Å²) >= 11 is 3.23. The van der Waals surface area contributed by atoms with Crippen LogP contribution in [0.2, 0.25) is 0 Å². The second-order valence-corrected chi connectivity index (χ2v) is 6.50. The molecule has 0 atom stereocenters. The number of methoxy groups -OCH3 is 1. The molecule has 0 aliphatic rings. The number of benzene rings is 1. The Labute approximate surface area is 122 Å². The van der Waals surface area contributed by atoms with Crippen molar-refractivity contribution in [3.8, 4) is 6.07 Å². The Morgan fingerprint density at radius 1 is 1.37 bits per heavy atom. The van der Waals surface area contributed by atoms with Crippen LogP contribution in [-0.2, 0) is 14.8 Å². The van der Waals surface area contributed by atoms with Crippen molar-refractivity contribution < 1.29 is 13.2 Å². The number of rotatable bonds is 7. The molecule has 104 valence electrons. The highest BCUT2D eigenvalue weighted by atomic mass is 79.9. The van der Waals surface area contributed by atoms with E-state index in [-0.39, 0.29) is 31.0 Å². The molecule has 0 spiro atoms. The van der Waals surface area contributed by atoms with Crippen molar-refractivity contribution in [3.63, 3.8) is 0 Å². The van der Waals surface area contributed by atoms with Gasteiger partial charge in [0.05, 0.1) is 17.6 Å². The standard InChI is InChI=1S/C12H15BrN2O3S/c1-18-10-9-15(8-4-7-14)19(16,17)12-6-3-2-5-11(12)13/h2-3,5-6H,4,8-10H2,1H3. The minimum Gasteiger partial charge on any atom is -0.383 e. The highest BCUT2D eigenvalue weighted by molar-refractivity contribution is 9.10. The molecule has 0 aliphatic heterocycles. The molecule has 0 heterocycles. The molecule has 1 rings (SSSR count). The molecular weight excluding hydrogens is 332 g/mol. The SMILES string of the molecule is COCCN(CCC#N)S(=O)(=O)c1ccccc1Br. The van der Waals surface area contributed by atoms with Gasteiger partial charge in [-0.1, -0.05) is 12.1 Å². The summed E-state index contributed by atoms with van der Waals surface area (Å²) in [6.45, 7) is 0.667. The zero-order valence-corrected chi connectivity index (χ0v) is 12.9. The summed E-state index contributed by atoms with van der Waals surface area (Å²) in [6.07, 6.45) is 0.146. The molecule has 7 heteroatoms. The lowest BCUT2D eigenvalue weighted by molar-refractivity contribution is 0.179. The van der Waals surface area contributed by atoms with Gasteiger partial charge in [-0.2, -0.15) is 9.57 Å². The Bertz CT molecular complexity index is 554. The third-order valence-corrected chi connectivity index (χ3v) is 5.38. The van der Waals surface area contributed by atoms with Gasteiger partial charge in [-0.3, -0.25) is 0 Å². The molecule has 0 saturated carbocycles. The summed E-state index contributed by atoms with van der Waals surface area (Å²) in [4.78, 5) is 0.198. The zero-order chi connectivity index (χ0) is 14.3. The predicted octanol–water partition coefficient (Wildman–Crippen LogP) is 2.00. The fraction of sp³-hybridized carbons (Fsp3) is 0.417. The molecule has 5 nitrogen and oxygen atoms in total. The summed E-state index contributed by atoms with van der Waals surface area (Å²) in [5.41, 5.74) is 0. The molecular formula is C12H15BrN2O3S. The van der Waals surface area contributed by atoms with E-state index in [0.29, 0.717) is 4.47 Å². The second-order valence-electron chi connectivity index (χ2n) is 3.74. The Morgan fingerprint density at radius 3 is 2.63 bits per heavy atom. The highest BCUT2D eigenvalue weighted by Gasteiger charge is 2.25. The first-order chi connectivity index (χ1) is 9.04. The Kier molecular flexibility index (Phi) is 6.45. The molecule has 1 aromatic carbocycles. The van der Waals surface area contributed by atoms with Crippen molar-refractivity contribution in [1.29, 1.82) is 5.26 Å². The van der Waals surface area contributed by atoms with Crippen molar-refractivity contribution in [1.82, 2.24) is 4.31 Å². The van der Waals surface area contributed by atoms with Gasteiger partial charge in [-0.05, 0) is 28.1 Å². The van der Waals surface area contributed by atoms with Crippen molar-refractivity contribution >= 4 is 26.0 Å². The minimum absolute atomic E-state index is 0.146. The molecule has 0 amide bonds. The maximum Gasteiger partial charge on any atom is 0.244 e. The van der Waals surface area contributed by atoms with Crippen LogP contribution in [0.15, 0.2) is 33.6 Å². The van der Waals surface area contributed by atoms with E-state index >= 15 is 0 Å². The lowest BCUT2D eigenvalue weighted by Crippen LogP contribution is -2.34. The van der Waals surface area contributed by atoms with Gasteiger partial charge in [0.25, 0.3) is 0 Å². The Hall–Kier alpha value is -0.940. The van der Waals surface area contributed by atoms with E-state index in [2.05, 4.69) is 15.9 Å². The molecule has 0 saturated heterocycles. The molecule has 0 aliphatic carbocycles. The van der Waals surface area contributed by atoms with Crippen LogP contribution < -0.4 is 0 Å². The summed E-state index contributed by atoms with van der Waals surface area (Å²) < 4.78 is 31.7. The van der Waals surface area contributed by atoms with E-state index in [1.807, 2.05) is 6.07 Å². The highest BCUT2D eigenvalue weighted by Crippen LogP contribution is 2.24. The predicted molar refractivity (Wildman–Crippen MR) is 75.0 cm³/mol. The Morgan fingerprint density at radius 2 is 2.05 bits per heavy atom. The smallest absolute Gasteiger partial charge is 0.244 e. The maximum atomic E-state index is 12.5. The summed E-state index contributed by atoms with van der Waals surface area (Å²) in [5, 5.41) is 8.62. The van der Waals surface area contributed by atoms with Crippen LogP contribution in [0.4, 0.5) is 0 Å². The molecule has 0 N–H and O–H groups in total. The van der Waals surface area contributed by atoms with E-state index in [9.17, 15) is 8.42 Å². The van der Waals surface area contributed by atoms with Gasteiger partial charge < -0.3 is 4.74 Å². The topological polar surface area (TPSA) is 70.4 Å². The average Bonchev–Trinajstić information content (AvgIpc) is 2.39. The lowest BCUT2D eigenvalue weighted by atomic mass is 10.4. The summed E-state index contributed by atoms with van der Waals surface area (Å²) in [6, 6.07) is 8.57. The zero-order valence-electron chi connectivity index (χ0n) is 10.5. The van der Waals surface area contributed by atoms with Crippen LogP contribution in [0.1, 0.15) is 6.42 Å². The first-order valence-corrected chi connectivity index (χ1v) is 7.88. The van der Waals surface area contributed by atoms with Crippen molar-refractivity contribution in [3.05, 3.63) is 28.7 Å². The fourth-order valence-electron chi connectivity index (χ4n) is 1.51. The Balaban J connectivity index is 3.05. The van der Waals surface area contributed by atoms with Crippen molar-refractivity contribution in [2.24, 2.45) is 0 Å². The first kappa shape index (κ1) is 16.1. The molecule has 1 aromatic rings. The molecule has 0 fully saturated rings. The van der Waals surface area contributed by atoms with Crippen molar-refractivity contribution in [2.45, 2.75) is 11.3 Å². The van der Waals surface area contributed by atoms with Gasteiger partial charge >= 0.3 is 0 Å². The molecule has 0 aromatic heterocycles. The van der Waals surface area contributed by atoms with E-state index in [1.165, 1.54) is 17.5 Å². The normalized spacial score (nSPS) is 11.5. The van der Waals surface area contributed by atoms with Crippen molar-refractivity contribution in [2.75, 3.05) is 26.8 Å². The number of nitriles is 1. The lowest BCUT2D eigenvalue weighted by Gasteiger charge is -2.21. The number of hydrogen-bond donors (Lipinski definition) is 0. The van der Waals surface area contributed by atoms with Crippen LogP contribution in [0.25, 0.3) is 0 Å². The van der Waals surface area contributed by atoms with Gasteiger partial charge in [0.1, 0.15) is 0 Å². The van der Waals surface area contributed by atoms with Gasteiger partial charge in [0.2, 0.25) is 10.0 Å². The minimum atomic E-state index is -3.62. The third-order valence-electron chi connectivity index (χ3n) is 2.47. The number of ether oxygens (including phenoxy) is 1. The summed E-state index contributed by atoms with van der Waals surface area (Å²) in [7, 11) is -2.11.